The quantitative estimate of drug-likeness (QED) is 0.776. The van der Waals surface area contributed by atoms with E-state index >= 15 is 0 Å². The molecule has 1 aliphatic heterocycles. The third-order valence-corrected chi connectivity index (χ3v) is 5.79. The summed E-state index contributed by atoms with van der Waals surface area (Å²) in [6, 6.07) is 16.5. The van der Waals surface area contributed by atoms with Crippen LogP contribution >= 0.6 is 11.3 Å². The maximum Gasteiger partial charge on any atom is 0.261 e. The average molecular weight is 351 g/mol. The zero-order valence-electron chi connectivity index (χ0n) is 14.2. The van der Waals surface area contributed by atoms with Gasteiger partial charge in [0.1, 0.15) is 5.82 Å². The van der Waals surface area contributed by atoms with Gasteiger partial charge < -0.3 is 10.2 Å². The number of nitrogens with zero attached hydrogens (tertiary/aromatic N) is 2. The van der Waals surface area contributed by atoms with Gasteiger partial charge >= 0.3 is 0 Å². The van der Waals surface area contributed by atoms with E-state index in [-0.39, 0.29) is 11.9 Å². The molecule has 0 bridgehead atoms. The van der Waals surface area contributed by atoms with Crippen molar-refractivity contribution in [3.05, 3.63) is 59.1 Å². The van der Waals surface area contributed by atoms with Crippen LogP contribution in [0.3, 0.4) is 0 Å². The maximum atomic E-state index is 12.6. The Morgan fingerprint density at radius 2 is 1.96 bits per heavy atom. The fourth-order valence-corrected chi connectivity index (χ4v) is 4.27. The average Bonchev–Trinajstić information content (AvgIpc) is 3.07. The van der Waals surface area contributed by atoms with Crippen LogP contribution in [0.2, 0.25) is 0 Å². The van der Waals surface area contributed by atoms with Crippen LogP contribution < -0.4 is 10.2 Å². The summed E-state index contributed by atoms with van der Waals surface area (Å²) in [5.74, 6) is 1.09. The van der Waals surface area contributed by atoms with Crippen molar-refractivity contribution in [2.24, 2.45) is 0 Å². The Balaban J connectivity index is 1.37. The number of pyridine rings is 1. The molecule has 1 saturated heterocycles. The van der Waals surface area contributed by atoms with E-state index in [2.05, 4.69) is 33.4 Å². The molecule has 1 aromatic carbocycles. The number of carbonyl (C=O) groups excluding carboxylic acids is 1. The van der Waals surface area contributed by atoms with Crippen LogP contribution in [0.15, 0.2) is 48.5 Å². The Kier molecular flexibility index (Phi) is 4.40. The Morgan fingerprint density at radius 1 is 1.16 bits per heavy atom. The van der Waals surface area contributed by atoms with Crippen molar-refractivity contribution in [1.29, 1.82) is 0 Å². The molecule has 0 atom stereocenters. The molecule has 1 N–H and O–H groups in total. The fraction of sp³-hybridized carbons (Fsp3) is 0.300. The third kappa shape index (κ3) is 3.51. The van der Waals surface area contributed by atoms with E-state index in [1.54, 1.807) is 11.3 Å². The van der Waals surface area contributed by atoms with Crippen LogP contribution in [-0.4, -0.2) is 30.0 Å². The molecule has 1 fully saturated rings. The Hall–Kier alpha value is -2.40. The summed E-state index contributed by atoms with van der Waals surface area (Å²) in [5.41, 5.74) is 1.04. The van der Waals surface area contributed by atoms with Gasteiger partial charge in [0.05, 0.1) is 4.88 Å². The number of piperidine rings is 1. The maximum absolute atomic E-state index is 12.6. The van der Waals surface area contributed by atoms with Crippen LogP contribution in [0.1, 0.15) is 28.2 Å². The standard InChI is InChI=1S/C20H21N3OS/c1-14-5-4-8-19(21-14)23-11-9-16(10-12-23)22-20(24)18-13-15-6-2-3-7-17(15)25-18/h2-8,13,16H,9-12H2,1H3,(H,22,24). The number of benzene rings is 1. The summed E-state index contributed by atoms with van der Waals surface area (Å²) in [6.07, 6.45) is 1.90. The summed E-state index contributed by atoms with van der Waals surface area (Å²) in [7, 11) is 0. The lowest BCUT2D eigenvalue weighted by molar-refractivity contribution is 0.0935. The second-order valence-corrected chi connectivity index (χ2v) is 7.60. The summed E-state index contributed by atoms with van der Waals surface area (Å²) < 4.78 is 1.16. The normalized spacial score (nSPS) is 15.5. The molecule has 0 radical (unpaired) electrons. The zero-order valence-corrected chi connectivity index (χ0v) is 15.1. The third-order valence-electron chi connectivity index (χ3n) is 4.68. The highest BCUT2D eigenvalue weighted by atomic mass is 32.1. The second-order valence-electron chi connectivity index (χ2n) is 6.52. The molecule has 4 nitrogen and oxygen atoms in total. The number of rotatable bonds is 3. The van der Waals surface area contributed by atoms with E-state index in [4.69, 9.17) is 0 Å². The largest absolute Gasteiger partial charge is 0.356 e. The molecular weight excluding hydrogens is 330 g/mol. The van der Waals surface area contributed by atoms with Gasteiger partial charge in [-0.2, -0.15) is 0 Å². The number of fused-ring (bicyclic) bond motifs is 1. The molecule has 2 aromatic heterocycles. The highest BCUT2D eigenvalue weighted by molar-refractivity contribution is 7.20. The van der Waals surface area contributed by atoms with Gasteiger partial charge in [0.15, 0.2) is 0 Å². The highest BCUT2D eigenvalue weighted by Crippen LogP contribution is 2.25. The lowest BCUT2D eigenvalue weighted by Gasteiger charge is -2.33. The van der Waals surface area contributed by atoms with E-state index in [0.29, 0.717) is 0 Å². The van der Waals surface area contributed by atoms with Crippen molar-refractivity contribution < 1.29 is 4.79 Å². The molecule has 0 saturated carbocycles. The number of hydrogen-bond donors (Lipinski definition) is 1. The molecule has 3 heterocycles. The first-order valence-corrected chi connectivity index (χ1v) is 9.49. The minimum atomic E-state index is 0.0494. The molecule has 1 amide bonds. The molecule has 5 heteroatoms. The first kappa shape index (κ1) is 16.1. The monoisotopic (exact) mass is 351 g/mol. The van der Waals surface area contributed by atoms with E-state index in [9.17, 15) is 4.79 Å². The Bertz CT molecular complexity index is 864. The molecular formula is C20H21N3OS. The van der Waals surface area contributed by atoms with Gasteiger partial charge in [-0.05, 0) is 49.4 Å². The molecule has 0 unspecified atom stereocenters. The first-order valence-electron chi connectivity index (χ1n) is 8.67. The lowest BCUT2D eigenvalue weighted by Crippen LogP contribution is -2.44. The summed E-state index contributed by atoms with van der Waals surface area (Å²) >= 11 is 1.56. The first-order chi connectivity index (χ1) is 12.2. The Labute approximate surface area is 151 Å². The van der Waals surface area contributed by atoms with Crippen LogP contribution in [0.4, 0.5) is 5.82 Å². The second kappa shape index (κ2) is 6.84. The minimum Gasteiger partial charge on any atom is -0.356 e. The smallest absolute Gasteiger partial charge is 0.261 e. The number of aromatic nitrogens is 1. The molecule has 0 aliphatic carbocycles. The van der Waals surface area contributed by atoms with E-state index in [1.165, 1.54) is 0 Å². The predicted octanol–water partition coefficient (Wildman–Crippen LogP) is 4.00. The number of aryl methyl sites for hydroxylation is 1. The molecule has 4 rings (SSSR count). The number of carbonyl (C=O) groups is 1. The predicted molar refractivity (Wildman–Crippen MR) is 104 cm³/mol. The van der Waals surface area contributed by atoms with Crippen LogP contribution in [0.5, 0.6) is 0 Å². The number of thiophene rings is 1. The number of nitrogens with one attached hydrogen (secondary N) is 1. The molecule has 0 spiro atoms. The van der Waals surface area contributed by atoms with Crippen molar-refractivity contribution in [3.8, 4) is 0 Å². The van der Waals surface area contributed by atoms with Crippen LogP contribution in [0, 0.1) is 6.92 Å². The van der Waals surface area contributed by atoms with Crippen molar-refractivity contribution in [2.75, 3.05) is 18.0 Å². The van der Waals surface area contributed by atoms with Crippen molar-refractivity contribution in [2.45, 2.75) is 25.8 Å². The number of amides is 1. The fourth-order valence-electron chi connectivity index (χ4n) is 3.31. The van der Waals surface area contributed by atoms with Gasteiger partial charge in [-0.3, -0.25) is 4.79 Å². The van der Waals surface area contributed by atoms with E-state index in [0.717, 1.165) is 52.4 Å². The van der Waals surface area contributed by atoms with Gasteiger partial charge in [-0.1, -0.05) is 24.3 Å². The van der Waals surface area contributed by atoms with Crippen LogP contribution in [-0.2, 0) is 0 Å². The molecule has 128 valence electrons. The molecule has 1 aliphatic rings. The topological polar surface area (TPSA) is 45.2 Å². The van der Waals surface area contributed by atoms with Gasteiger partial charge in [0, 0.05) is 29.5 Å². The summed E-state index contributed by atoms with van der Waals surface area (Å²) in [6.45, 7) is 3.86. The van der Waals surface area contributed by atoms with Gasteiger partial charge in [0.2, 0.25) is 0 Å². The highest BCUT2D eigenvalue weighted by Gasteiger charge is 2.22. The van der Waals surface area contributed by atoms with Crippen molar-refractivity contribution >= 4 is 33.1 Å². The summed E-state index contributed by atoms with van der Waals surface area (Å²) in [5, 5.41) is 4.34. The zero-order chi connectivity index (χ0) is 17.2. The van der Waals surface area contributed by atoms with Gasteiger partial charge in [-0.15, -0.1) is 11.3 Å². The van der Waals surface area contributed by atoms with Gasteiger partial charge in [-0.25, -0.2) is 4.98 Å². The van der Waals surface area contributed by atoms with E-state index < -0.39 is 0 Å². The van der Waals surface area contributed by atoms with Crippen molar-refractivity contribution in [3.63, 3.8) is 0 Å². The van der Waals surface area contributed by atoms with Crippen molar-refractivity contribution in [1.82, 2.24) is 10.3 Å². The number of hydrogen-bond acceptors (Lipinski definition) is 4. The van der Waals surface area contributed by atoms with Crippen LogP contribution in [0.25, 0.3) is 10.1 Å². The minimum absolute atomic E-state index is 0.0494. The summed E-state index contributed by atoms with van der Waals surface area (Å²) in [4.78, 5) is 20.2. The lowest BCUT2D eigenvalue weighted by atomic mass is 10.0. The Morgan fingerprint density at radius 3 is 2.72 bits per heavy atom. The molecule has 25 heavy (non-hydrogen) atoms. The molecule has 3 aromatic rings. The SMILES string of the molecule is Cc1cccc(N2CCC(NC(=O)c3cc4ccccc4s3)CC2)n1. The number of anilines is 1. The van der Waals surface area contributed by atoms with E-state index in [1.807, 2.05) is 37.3 Å². The van der Waals surface area contributed by atoms with Gasteiger partial charge in [0.25, 0.3) is 5.91 Å².